The smallest absolute Gasteiger partial charge is 0.185 e. The summed E-state index contributed by atoms with van der Waals surface area (Å²) in [7, 11) is 0. The molecule has 0 fully saturated rings. The zero-order valence-electron chi connectivity index (χ0n) is 13.1. The first-order valence-electron chi connectivity index (χ1n) is 7.98. The summed E-state index contributed by atoms with van der Waals surface area (Å²) >= 11 is 1.81. The Labute approximate surface area is 140 Å². The summed E-state index contributed by atoms with van der Waals surface area (Å²) in [5.74, 6) is 0.362. The highest BCUT2D eigenvalue weighted by atomic mass is 32.1. The van der Waals surface area contributed by atoms with Crippen molar-refractivity contribution in [1.29, 1.82) is 0 Å². The Morgan fingerprint density at radius 2 is 1.87 bits per heavy atom. The molecule has 116 valence electrons. The van der Waals surface area contributed by atoms with Gasteiger partial charge >= 0.3 is 0 Å². The third-order valence-electron chi connectivity index (χ3n) is 4.55. The van der Waals surface area contributed by atoms with Crippen LogP contribution in [0, 0.1) is 0 Å². The van der Waals surface area contributed by atoms with Crippen LogP contribution >= 0.6 is 11.3 Å². The largest absolute Gasteiger partial charge is 0.343 e. The Morgan fingerprint density at radius 1 is 1.09 bits per heavy atom. The lowest BCUT2D eigenvalue weighted by Crippen LogP contribution is -2.30. The van der Waals surface area contributed by atoms with E-state index in [2.05, 4.69) is 58.2 Å². The molecule has 3 heterocycles. The van der Waals surface area contributed by atoms with E-state index < -0.39 is 0 Å². The molecule has 0 saturated carbocycles. The number of aromatic nitrogens is 2. The normalized spacial score (nSPS) is 15.3. The van der Waals surface area contributed by atoms with Gasteiger partial charge in [-0.1, -0.05) is 31.2 Å². The van der Waals surface area contributed by atoms with Crippen LogP contribution in [-0.4, -0.2) is 16.5 Å². The van der Waals surface area contributed by atoms with Crippen molar-refractivity contribution in [2.24, 2.45) is 0 Å². The van der Waals surface area contributed by atoms with Crippen molar-refractivity contribution in [2.45, 2.75) is 25.8 Å². The first-order valence-corrected chi connectivity index (χ1v) is 8.80. The van der Waals surface area contributed by atoms with Crippen molar-refractivity contribution in [3.05, 3.63) is 76.6 Å². The number of benzene rings is 1. The van der Waals surface area contributed by atoms with Crippen LogP contribution < -0.4 is 4.90 Å². The molecule has 0 bridgehead atoms. The third kappa shape index (κ3) is 2.86. The summed E-state index contributed by atoms with van der Waals surface area (Å²) < 4.78 is 0. The summed E-state index contributed by atoms with van der Waals surface area (Å²) in [4.78, 5) is 12.5. The first-order chi connectivity index (χ1) is 11.3. The van der Waals surface area contributed by atoms with Gasteiger partial charge in [0.2, 0.25) is 0 Å². The number of thiazole rings is 1. The molecule has 1 unspecified atom stereocenters. The van der Waals surface area contributed by atoms with Crippen LogP contribution in [-0.2, 0) is 13.0 Å². The fourth-order valence-corrected chi connectivity index (χ4v) is 4.12. The first kappa shape index (κ1) is 14.4. The highest BCUT2D eigenvalue weighted by Gasteiger charge is 2.20. The average Bonchev–Trinajstić information content (AvgIpc) is 3.11. The quantitative estimate of drug-likeness (QED) is 0.722. The molecular formula is C19H19N3S. The predicted molar refractivity (Wildman–Crippen MR) is 95.1 cm³/mol. The van der Waals surface area contributed by atoms with E-state index in [1.165, 1.54) is 21.6 Å². The Bertz CT molecular complexity index is 797. The number of rotatable bonds is 3. The maximum absolute atomic E-state index is 4.69. The van der Waals surface area contributed by atoms with Crippen molar-refractivity contribution in [2.75, 3.05) is 11.4 Å². The van der Waals surface area contributed by atoms with Gasteiger partial charge in [-0.15, -0.1) is 11.3 Å². The van der Waals surface area contributed by atoms with Gasteiger partial charge in [0.1, 0.15) is 0 Å². The molecule has 1 atom stereocenters. The SMILES string of the molecule is CC(c1ccncc1)c1cnc(N2CCc3ccccc3C2)s1. The molecule has 1 aliphatic heterocycles. The van der Waals surface area contributed by atoms with Gasteiger partial charge in [-0.2, -0.15) is 0 Å². The van der Waals surface area contributed by atoms with Gasteiger partial charge in [-0.25, -0.2) is 4.98 Å². The summed E-state index contributed by atoms with van der Waals surface area (Å²) in [6.45, 7) is 4.25. The minimum Gasteiger partial charge on any atom is -0.343 e. The molecule has 0 amide bonds. The summed E-state index contributed by atoms with van der Waals surface area (Å²) in [6, 6.07) is 12.9. The van der Waals surface area contributed by atoms with Crippen molar-refractivity contribution in [3.8, 4) is 0 Å². The molecule has 0 saturated heterocycles. The summed E-state index contributed by atoms with van der Waals surface area (Å²) in [6.07, 6.45) is 6.85. The molecule has 0 N–H and O–H groups in total. The van der Waals surface area contributed by atoms with E-state index in [0.29, 0.717) is 5.92 Å². The molecule has 1 aromatic carbocycles. The molecule has 23 heavy (non-hydrogen) atoms. The van der Waals surface area contributed by atoms with Gasteiger partial charge in [0, 0.05) is 42.5 Å². The molecule has 0 radical (unpaired) electrons. The second-order valence-electron chi connectivity index (χ2n) is 5.99. The van der Waals surface area contributed by atoms with Gasteiger partial charge in [0.15, 0.2) is 5.13 Å². The van der Waals surface area contributed by atoms with Gasteiger partial charge in [0.05, 0.1) is 0 Å². The van der Waals surface area contributed by atoms with E-state index in [-0.39, 0.29) is 0 Å². The standard InChI is InChI=1S/C19H19N3S/c1-14(15-6-9-20-10-7-15)18-12-21-19(23-18)22-11-8-16-4-2-3-5-17(16)13-22/h2-7,9-10,12,14H,8,11,13H2,1H3. The molecule has 3 aromatic rings. The fourth-order valence-electron chi connectivity index (χ4n) is 3.10. The number of nitrogens with zero attached hydrogens (tertiary/aromatic N) is 3. The van der Waals surface area contributed by atoms with Crippen molar-refractivity contribution in [3.63, 3.8) is 0 Å². The topological polar surface area (TPSA) is 29.0 Å². The van der Waals surface area contributed by atoms with E-state index >= 15 is 0 Å². The Kier molecular flexibility index (Phi) is 3.83. The van der Waals surface area contributed by atoms with E-state index in [9.17, 15) is 0 Å². The Balaban J connectivity index is 1.55. The van der Waals surface area contributed by atoms with Crippen LogP contribution in [0.25, 0.3) is 0 Å². The van der Waals surface area contributed by atoms with Crippen LogP contribution in [0.4, 0.5) is 5.13 Å². The molecule has 2 aromatic heterocycles. The van der Waals surface area contributed by atoms with Gasteiger partial charge < -0.3 is 4.90 Å². The molecule has 3 nitrogen and oxygen atoms in total. The molecule has 1 aliphatic rings. The van der Waals surface area contributed by atoms with Gasteiger partial charge in [0.25, 0.3) is 0 Å². The second kappa shape index (κ2) is 6.13. The van der Waals surface area contributed by atoms with Gasteiger partial charge in [-0.05, 0) is 35.2 Å². The van der Waals surface area contributed by atoms with Crippen LogP contribution in [0.15, 0.2) is 55.0 Å². The fraction of sp³-hybridized carbons (Fsp3) is 0.263. The summed E-state index contributed by atoms with van der Waals surface area (Å²) in [5.41, 5.74) is 4.20. The van der Waals surface area contributed by atoms with E-state index in [0.717, 1.165) is 24.6 Å². The van der Waals surface area contributed by atoms with Gasteiger partial charge in [-0.3, -0.25) is 4.98 Å². The molecular weight excluding hydrogens is 302 g/mol. The zero-order chi connectivity index (χ0) is 15.6. The maximum atomic E-state index is 4.69. The predicted octanol–water partition coefficient (Wildman–Crippen LogP) is 4.25. The number of anilines is 1. The zero-order valence-corrected chi connectivity index (χ0v) is 14.0. The highest BCUT2D eigenvalue weighted by Crippen LogP contribution is 2.34. The minimum absolute atomic E-state index is 0.362. The van der Waals surface area contributed by atoms with Crippen molar-refractivity contribution in [1.82, 2.24) is 9.97 Å². The maximum Gasteiger partial charge on any atom is 0.185 e. The van der Waals surface area contributed by atoms with E-state index in [1.54, 1.807) is 0 Å². The molecule has 0 aliphatic carbocycles. The van der Waals surface area contributed by atoms with Crippen LogP contribution in [0.5, 0.6) is 0 Å². The lowest BCUT2D eigenvalue weighted by Gasteiger charge is -2.28. The number of hydrogen-bond donors (Lipinski definition) is 0. The van der Waals surface area contributed by atoms with Crippen molar-refractivity contribution < 1.29 is 0 Å². The minimum atomic E-state index is 0.362. The van der Waals surface area contributed by atoms with E-state index in [4.69, 9.17) is 0 Å². The lowest BCUT2D eigenvalue weighted by atomic mass is 10.0. The average molecular weight is 321 g/mol. The monoisotopic (exact) mass is 321 g/mol. The molecule has 4 rings (SSSR count). The second-order valence-corrected chi connectivity index (χ2v) is 7.03. The number of fused-ring (bicyclic) bond motifs is 1. The summed E-state index contributed by atoms with van der Waals surface area (Å²) in [5, 5.41) is 1.13. The highest BCUT2D eigenvalue weighted by molar-refractivity contribution is 7.15. The van der Waals surface area contributed by atoms with Crippen LogP contribution in [0.2, 0.25) is 0 Å². The van der Waals surface area contributed by atoms with Crippen molar-refractivity contribution >= 4 is 16.5 Å². The van der Waals surface area contributed by atoms with E-state index in [1.807, 2.05) is 29.9 Å². The number of hydrogen-bond acceptors (Lipinski definition) is 4. The third-order valence-corrected chi connectivity index (χ3v) is 5.79. The Morgan fingerprint density at radius 3 is 2.70 bits per heavy atom. The molecule has 4 heteroatoms. The molecule has 0 spiro atoms. The Hall–Kier alpha value is -2.20. The lowest BCUT2D eigenvalue weighted by molar-refractivity contribution is 0.729. The van der Waals surface area contributed by atoms with Crippen LogP contribution in [0.3, 0.4) is 0 Å². The van der Waals surface area contributed by atoms with Crippen LogP contribution in [0.1, 0.15) is 34.4 Å². The number of pyridine rings is 1.